The van der Waals surface area contributed by atoms with E-state index in [-0.39, 0.29) is 0 Å². The second kappa shape index (κ2) is 19.5. The molecule has 6 aromatic heterocycles. The molecule has 18 aromatic rings. The first kappa shape index (κ1) is 50.7. The zero-order chi connectivity index (χ0) is 59.2. The number of nitrogens with zero attached hydrogens (tertiary/aromatic N) is 7. The Kier molecular flexibility index (Phi) is 11.1. The molecule has 420 valence electrons. The standard InChI is InChI=1S/C81H55N7O/c1-48-35-39-69-58(43-48)54-25-11-16-30-65(54)85(69)76-74(80-82-63(52-21-7-5-8-22-52)47-64(83-80)53-23-9-6-10-24-53)75(81-84-62-29-15-20-34-73(62)89-81)77(86-66-31-17-12-26-55(66)59-44-49(2)36-40-70(59)86)79(88-68-33-19-14-28-57(68)61-46-51(4)38-42-72(61)88)78(76)87-67-32-18-13-27-56(67)60-45-50(3)37-41-71(60)87/h5-47H,1-4H3. The quantitative estimate of drug-likeness (QED) is 0.152. The van der Waals surface area contributed by atoms with Gasteiger partial charge in [0.2, 0.25) is 5.89 Å². The van der Waals surface area contributed by atoms with Gasteiger partial charge in [-0.25, -0.2) is 15.0 Å². The summed E-state index contributed by atoms with van der Waals surface area (Å²) in [6.07, 6.45) is 0. The van der Waals surface area contributed by atoms with Crippen LogP contribution in [0.2, 0.25) is 0 Å². The number of hydrogen-bond acceptors (Lipinski definition) is 4. The minimum absolute atomic E-state index is 0.421. The molecule has 0 fully saturated rings. The summed E-state index contributed by atoms with van der Waals surface area (Å²) < 4.78 is 17.6. The van der Waals surface area contributed by atoms with Gasteiger partial charge in [-0.2, -0.15) is 0 Å². The van der Waals surface area contributed by atoms with E-state index in [1.54, 1.807) is 0 Å². The normalized spacial score (nSPS) is 12.0. The monoisotopic (exact) mass is 1140 g/mol. The molecule has 0 spiro atoms. The summed E-state index contributed by atoms with van der Waals surface area (Å²) in [6.45, 7) is 8.76. The summed E-state index contributed by atoms with van der Waals surface area (Å²) in [5.41, 5.74) is 22.7. The molecule has 8 heteroatoms. The summed E-state index contributed by atoms with van der Waals surface area (Å²) in [5, 5.41) is 9.02. The first-order valence-corrected chi connectivity index (χ1v) is 30.4. The minimum Gasteiger partial charge on any atom is -0.436 e. The van der Waals surface area contributed by atoms with E-state index in [0.717, 1.165) is 160 Å². The van der Waals surface area contributed by atoms with Crippen LogP contribution in [0.3, 0.4) is 0 Å². The molecular formula is C81H55N7O. The van der Waals surface area contributed by atoms with Gasteiger partial charge >= 0.3 is 0 Å². The molecule has 0 saturated heterocycles. The highest BCUT2D eigenvalue weighted by Crippen LogP contribution is 2.55. The third kappa shape index (κ3) is 7.63. The van der Waals surface area contributed by atoms with Crippen molar-refractivity contribution in [2.75, 3.05) is 0 Å². The van der Waals surface area contributed by atoms with Gasteiger partial charge in [-0.3, -0.25) is 0 Å². The second-order valence-electron chi connectivity index (χ2n) is 23.8. The van der Waals surface area contributed by atoms with Crippen LogP contribution in [0.15, 0.2) is 265 Å². The van der Waals surface area contributed by atoms with E-state index in [2.05, 4.69) is 283 Å². The fourth-order valence-corrected chi connectivity index (χ4v) is 14.3. The Morgan fingerprint density at radius 3 is 0.989 bits per heavy atom. The molecule has 0 amide bonds. The van der Waals surface area contributed by atoms with Crippen LogP contribution in [0, 0.1) is 27.7 Å². The predicted molar refractivity (Wildman–Crippen MR) is 368 cm³/mol. The van der Waals surface area contributed by atoms with Gasteiger partial charge in [0.05, 0.1) is 89.4 Å². The maximum absolute atomic E-state index is 7.53. The first-order valence-electron chi connectivity index (χ1n) is 30.4. The molecule has 0 radical (unpaired) electrons. The summed E-state index contributed by atoms with van der Waals surface area (Å²) in [4.78, 5) is 17.7. The smallest absolute Gasteiger partial charge is 0.230 e. The van der Waals surface area contributed by atoms with E-state index in [1.165, 1.54) is 11.1 Å². The summed E-state index contributed by atoms with van der Waals surface area (Å²) in [5.74, 6) is 0.917. The molecule has 0 bridgehead atoms. The molecule has 12 aromatic carbocycles. The van der Waals surface area contributed by atoms with E-state index < -0.39 is 0 Å². The SMILES string of the molecule is Cc1ccc2c(c1)c1ccccc1n2-c1c(-c2nc(-c3ccccc3)cc(-c3ccccc3)n2)c(-c2nc3ccccc3o2)c(-n2c3ccccc3c3cc(C)ccc32)c(-n2c3ccccc3c3cc(C)ccc32)c1-n1c2ccccc2c2cc(C)ccc21. The van der Waals surface area contributed by atoms with Crippen molar-refractivity contribution >= 4 is 98.3 Å². The largest absolute Gasteiger partial charge is 0.436 e. The lowest BCUT2D eigenvalue weighted by Gasteiger charge is -2.30. The van der Waals surface area contributed by atoms with Crippen molar-refractivity contribution in [3.8, 4) is 68.1 Å². The van der Waals surface area contributed by atoms with Gasteiger partial charge in [0.25, 0.3) is 0 Å². The van der Waals surface area contributed by atoms with E-state index >= 15 is 0 Å². The lowest BCUT2D eigenvalue weighted by Crippen LogP contribution is -2.17. The van der Waals surface area contributed by atoms with Gasteiger partial charge in [0.15, 0.2) is 11.4 Å². The van der Waals surface area contributed by atoms with Crippen LogP contribution in [0.25, 0.3) is 166 Å². The van der Waals surface area contributed by atoms with Crippen molar-refractivity contribution in [2.24, 2.45) is 0 Å². The number of rotatable bonds is 8. The third-order valence-corrected chi connectivity index (χ3v) is 18.2. The average Bonchev–Trinajstić information content (AvgIpc) is 1.62. The van der Waals surface area contributed by atoms with Gasteiger partial charge < -0.3 is 22.7 Å². The van der Waals surface area contributed by atoms with Gasteiger partial charge in [-0.1, -0.05) is 192 Å². The predicted octanol–water partition coefficient (Wildman–Crippen LogP) is 20.9. The van der Waals surface area contributed by atoms with Gasteiger partial charge in [-0.05, 0) is 119 Å². The minimum atomic E-state index is 0.421. The number of aryl methyl sites for hydroxylation is 4. The molecule has 0 unspecified atom stereocenters. The number of aromatic nitrogens is 7. The number of oxazole rings is 1. The molecular weight excluding hydrogens is 1090 g/mol. The summed E-state index contributed by atoms with van der Waals surface area (Å²) >= 11 is 0. The van der Waals surface area contributed by atoms with Crippen LogP contribution in [0.1, 0.15) is 22.3 Å². The Bertz CT molecular complexity index is 5880. The number of benzene rings is 12. The van der Waals surface area contributed by atoms with E-state index in [0.29, 0.717) is 17.3 Å². The maximum Gasteiger partial charge on any atom is 0.230 e. The molecule has 0 N–H and O–H groups in total. The third-order valence-electron chi connectivity index (χ3n) is 18.2. The molecule has 18 rings (SSSR count). The Morgan fingerprint density at radius 1 is 0.270 bits per heavy atom. The Balaban J connectivity index is 1.23. The zero-order valence-electron chi connectivity index (χ0n) is 49.4. The average molecular weight is 1140 g/mol. The molecule has 0 aliphatic carbocycles. The van der Waals surface area contributed by atoms with Crippen molar-refractivity contribution in [3.05, 3.63) is 283 Å². The Morgan fingerprint density at radius 2 is 0.596 bits per heavy atom. The number of hydrogen-bond donors (Lipinski definition) is 0. The van der Waals surface area contributed by atoms with Crippen LogP contribution >= 0.6 is 0 Å². The summed E-state index contributed by atoms with van der Waals surface area (Å²) in [7, 11) is 0. The van der Waals surface area contributed by atoms with Crippen LogP contribution in [0.4, 0.5) is 0 Å². The van der Waals surface area contributed by atoms with Gasteiger partial charge in [0.1, 0.15) is 5.52 Å². The van der Waals surface area contributed by atoms with Crippen molar-refractivity contribution in [3.63, 3.8) is 0 Å². The van der Waals surface area contributed by atoms with Crippen LogP contribution in [-0.4, -0.2) is 33.2 Å². The maximum atomic E-state index is 7.53. The first-order chi connectivity index (χ1) is 43.8. The molecule has 0 aliphatic rings. The van der Waals surface area contributed by atoms with Crippen molar-refractivity contribution in [2.45, 2.75) is 27.7 Å². The highest BCUT2D eigenvalue weighted by molar-refractivity contribution is 6.18. The van der Waals surface area contributed by atoms with Gasteiger partial charge in [0, 0.05) is 54.2 Å². The lowest BCUT2D eigenvalue weighted by atomic mass is 9.95. The molecule has 0 saturated carbocycles. The highest BCUT2D eigenvalue weighted by atomic mass is 16.3. The van der Waals surface area contributed by atoms with Crippen LogP contribution < -0.4 is 0 Å². The van der Waals surface area contributed by atoms with E-state index in [9.17, 15) is 0 Å². The fraction of sp³-hybridized carbons (Fsp3) is 0.0494. The molecule has 0 aliphatic heterocycles. The number of fused-ring (bicyclic) bond motifs is 13. The molecule has 89 heavy (non-hydrogen) atoms. The zero-order valence-corrected chi connectivity index (χ0v) is 49.4. The lowest BCUT2D eigenvalue weighted by molar-refractivity contribution is 0.619. The molecule has 0 atom stereocenters. The van der Waals surface area contributed by atoms with E-state index in [4.69, 9.17) is 19.4 Å². The van der Waals surface area contributed by atoms with Crippen molar-refractivity contribution < 1.29 is 4.42 Å². The topological polar surface area (TPSA) is 71.5 Å². The van der Waals surface area contributed by atoms with Crippen LogP contribution in [-0.2, 0) is 0 Å². The van der Waals surface area contributed by atoms with Gasteiger partial charge in [-0.15, -0.1) is 0 Å². The second-order valence-corrected chi connectivity index (χ2v) is 23.8. The fourth-order valence-electron chi connectivity index (χ4n) is 14.3. The Labute approximate surface area is 512 Å². The van der Waals surface area contributed by atoms with E-state index in [1.807, 2.05) is 24.3 Å². The number of para-hydroxylation sites is 6. The van der Waals surface area contributed by atoms with Crippen molar-refractivity contribution in [1.29, 1.82) is 0 Å². The molecule has 8 nitrogen and oxygen atoms in total. The van der Waals surface area contributed by atoms with Crippen LogP contribution in [0.5, 0.6) is 0 Å². The summed E-state index contributed by atoms with van der Waals surface area (Å²) in [6, 6.07) is 94.4. The highest BCUT2D eigenvalue weighted by Gasteiger charge is 2.38. The van der Waals surface area contributed by atoms with Crippen molar-refractivity contribution in [1.82, 2.24) is 33.2 Å². The Hall–Kier alpha value is -11.6. The molecule has 6 heterocycles.